The Labute approximate surface area is 148 Å². The summed E-state index contributed by atoms with van der Waals surface area (Å²) in [5.41, 5.74) is 1.25. The van der Waals surface area contributed by atoms with E-state index in [2.05, 4.69) is 23.8 Å². The molecular weight excluding hydrogens is 292 g/mol. The molecule has 2 aliphatic rings. The molecule has 2 saturated carbocycles. The van der Waals surface area contributed by atoms with Gasteiger partial charge in [0.15, 0.2) is 0 Å². The van der Waals surface area contributed by atoms with Crippen molar-refractivity contribution in [3.05, 3.63) is 23.8 Å². The molecule has 0 spiro atoms. The maximum atomic E-state index is 4.62. The van der Waals surface area contributed by atoms with Crippen molar-refractivity contribution in [3.8, 4) is 0 Å². The van der Waals surface area contributed by atoms with E-state index in [4.69, 9.17) is 0 Å². The van der Waals surface area contributed by atoms with Crippen LogP contribution in [0, 0.1) is 17.8 Å². The highest BCUT2D eigenvalue weighted by molar-refractivity contribution is 5.07. The van der Waals surface area contributed by atoms with Crippen molar-refractivity contribution in [2.45, 2.75) is 96.8 Å². The van der Waals surface area contributed by atoms with Gasteiger partial charge in [-0.2, -0.15) is 0 Å². The zero-order valence-electron chi connectivity index (χ0n) is 15.8. The largest absolute Gasteiger partial charge is 0.241 e. The molecule has 0 N–H and O–H groups in total. The highest BCUT2D eigenvalue weighted by Crippen LogP contribution is 2.39. The molecule has 0 aromatic carbocycles. The van der Waals surface area contributed by atoms with Crippen LogP contribution in [0.25, 0.3) is 0 Å². The predicted molar refractivity (Wildman–Crippen MR) is 101 cm³/mol. The molecule has 0 bridgehead atoms. The summed E-state index contributed by atoms with van der Waals surface area (Å²) in [5, 5.41) is 0. The molecule has 0 unspecified atom stereocenters. The highest BCUT2D eigenvalue weighted by atomic mass is 14.9. The van der Waals surface area contributed by atoms with Crippen LogP contribution >= 0.6 is 0 Å². The van der Waals surface area contributed by atoms with E-state index in [1.54, 1.807) is 0 Å². The van der Waals surface area contributed by atoms with Gasteiger partial charge in [0, 0.05) is 18.3 Å². The fourth-order valence-electron chi connectivity index (χ4n) is 4.87. The molecule has 0 amide bonds. The van der Waals surface area contributed by atoms with Crippen molar-refractivity contribution in [2.75, 3.05) is 0 Å². The van der Waals surface area contributed by atoms with E-state index >= 15 is 0 Å². The summed E-state index contributed by atoms with van der Waals surface area (Å²) in [6.45, 7) is 4.53. The maximum absolute atomic E-state index is 4.62. The number of hydrogen-bond acceptors (Lipinski definition) is 2. The van der Waals surface area contributed by atoms with E-state index in [-0.39, 0.29) is 0 Å². The molecule has 0 radical (unpaired) electrons. The lowest BCUT2D eigenvalue weighted by atomic mass is 9.75. The van der Waals surface area contributed by atoms with Gasteiger partial charge >= 0.3 is 0 Å². The Morgan fingerprint density at radius 2 is 1.25 bits per heavy atom. The molecule has 0 aliphatic heterocycles. The van der Waals surface area contributed by atoms with Crippen molar-refractivity contribution < 1.29 is 0 Å². The molecule has 2 heteroatoms. The molecular formula is C22H36N2. The van der Waals surface area contributed by atoms with E-state index in [1.165, 1.54) is 76.2 Å². The van der Waals surface area contributed by atoms with Crippen LogP contribution in [0.5, 0.6) is 0 Å². The van der Waals surface area contributed by atoms with Crippen LogP contribution in [0.4, 0.5) is 0 Å². The van der Waals surface area contributed by atoms with E-state index in [1.807, 2.05) is 12.4 Å². The quantitative estimate of drug-likeness (QED) is 0.611. The Balaban J connectivity index is 1.37. The first-order valence-electron chi connectivity index (χ1n) is 10.6. The van der Waals surface area contributed by atoms with E-state index < -0.39 is 0 Å². The average molecular weight is 329 g/mol. The lowest BCUT2D eigenvalue weighted by Crippen LogP contribution is -2.18. The van der Waals surface area contributed by atoms with Crippen molar-refractivity contribution in [1.82, 2.24) is 9.97 Å². The van der Waals surface area contributed by atoms with Crippen LogP contribution < -0.4 is 0 Å². The van der Waals surface area contributed by atoms with Gasteiger partial charge in [-0.15, -0.1) is 0 Å². The minimum atomic E-state index is 0.618. The summed E-state index contributed by atoms with van der Waals surface area (Å²) in [4.78, 5) is 9.24. The van der Waals surface area contributed by atoms with E-state index in [0.29, 0.717) is 5.92 Å². The second-order valence-corrected chi connectivity index (χ2v) is 8.39. The fraction of sp³-hybridized carbons (Fsp3) is 0.818. The number of hydrogen-bond donors (Lipinski definition) is 0. The zero-order valence-corrected chi connectivity index (χ0v) is 15.8. The van der Waals surface area contributed by atoms with Gasteiger partial charge in [0.1, 0.15) is 5.82 Å². The normalized spacial score (nSPS) is 31.1. The van der Waals surface area contributed by atoms with Crippen molar-refractivity contribution in [2.24, 2.45) is 17.8 Å². The van der Waals surface area contributed by atoms with Crippen LogP contribution in [0.15, 0.2) is 12.4 Å². The first-order chi connectivity index (χ1) is 11.8. The molecule has 3 rings (SSSR count). The molecule has 24 heavy (non-hydrogen) atoms. The van der Waals surface area contributed by atoms with E-state index in [9.17, 15) is 0 Å². The second kappa shape index (κ2) is 8.97. The van der Waals surface area contributed by atoms with Gasteiger partial charge in [0.2, 0.25) is 0 Å². The molecule has 1 heterocycles. The van der Waals surface area contributed by atoms with Crippen LogP contribution in [0.3, 0.4) is 0 Å². The van der Waals surface area contributed by atoms with Gasteiger partial charge in [0.05, 0.1) is 0 Å². The lowest BCUT2D eigenvalue weighted by molar-refractivity contribution is 0.226. The Morgan fingerprint density at radius 3 is 1.75 bits per heavy atom. The number of rotatable bonds is 6. The second-order valence-electron chi connectivity index (χ2n) is 8.39. The minimum Gasteiger partial charge on any atom is -0.241 e. The Kier molecular flexibility index (Phi) is 6.68. The van der Waals surface area contributed by atoms with Gasteiger partial charge in [-0.05, 0) is 55.4 Å². The number of nitrogens with zero attached hydrogens (tertiary/aromatic N) is 2. The first kappa shape index (κ1) is 17.9. The minimum absolute atomic E-state index is 0.618. The Hall–Kier alpha value is -0.920. The molecule has 2 fully saturated rings. The van der Waals surface area contributed by atoms with Crippen molar-refractivity contribution in [1.29, 1.82) is 0 Å². The van der Waals surface area contributed by atoms with Gasteiger partial charge in [-0.3, -0.25) is 0 Å². The summed E-state index contributed by atoms with van der Waals surface area (Å²) in [6, 6.07) is 0. The Morgan fingerprint density at radius 1 is 0.750 bits per heavy atom. The topological polar surface area (TPSA) is 25.8 Å². The third-order valence-corrected chi connectivity index (χ3v) is 6.87. The summed E-state index contributed by atoms with van der Waals surface area (Å²) in [7, 11) is 0. The van der Waals surface area contributed by atoms with Crippen molar-refractivity contribution in [3.63, 3.8) is 0 Å². The van der Waals surface area contributed by atoms with Crippen LogP contribution in [-0.4, -0.2) is 9.97 Å². The Bertz CT molecular complexity index is 465. The fourth-order valence-corrected chi connectivity index (χ4v) is 4.87. The predicted octanol–water partition coefficient (Wildman–Crippen LogP) is 6.31. The molecule has 0 saturated heterocycles. The standard InChI is InChI=1S/C22H36N2/c1-3-17-5-7-19(8-6-17)9-10-20-11-13-21(14-12-20)22-23-15-18(4-2)16-24-22/h15-17,19-21H,3-14H2,1-2H3. The molecule has 0 atom stereocenters. The maximum Gasteiger partial charge on any atom is 0.131 e. The van der Waals surface area contributed by atoms with Crippen LogP contribution in [0.1, 0.15) is 102 Å². The number of aromatic nitrogens is 2. The molecule has 1 aromatic heterocycles. The third kappa shape index (κ3) is 4.80. The van der Waals surface area contributed by atoms with Crippen LogP contribution in [0.2, 0.25) is 0 Å². The lowest BCUT2D eigenvalue weighted by Gasteiger charge is -2.31. The van der Waals surface area contributed by atoms with Gasteiger partial charge in [-0.25, -0.2) is 9.97 Å². The summed E-state index contributed by atoms with van der Waals surface area (Å²) < 4.78 is 0. The SMILES string of the molecule is CCc1cnc(C2CCC(CCC3CCC(CC)CC3)CC2)nc1. The number of aryl methyl sites for hydroxylation is 1. The molecule has 2 aliphatic carbocycles. The van der Waals surface area contributed by atoms with Gasteiger partial charge in [-0.1, -0.05) is 58.8 Å². The third-order valence-electron chi connectivity index (χ3n) is 6.87. The van der Waals surface area contributed by atoms with Crippen molar-refractivity contribution >= 4 is 0 Å². The summed E-state index contributed by atoms with van der Waals surface area (Å²) >= 11 is 0. The average Bonchev–Trinajstić information content (AvgIpc) is 2.67. The summed E-state index contributed by atoms with van der Waals surface area (Å²) in [5.74, 6) is 4.77. The monoisotopic (exact) mass is 328 g/mol. The summed E-state index contributed by atoms with van der Waals surface area (Å²) in [6.07, 6.45) is 20.9. The van der Waals surface area contributed by atoms with Gasteiger partial charge < -0.3 is 0 Å². The van der Waals surface area contributed by atoms with Gasteiger partial charge in [0.25, 0.3) is 0 Å². The highest BCUT2D eigenvalue weighted by Gasteiger charge is 2.26. The molecule has 1 aromatic rings. The van der Waals surface area contributed by atoms with Crippen LogP contribution in [-0.2, 0) is 6.42 Å². The first-order valence-corrected chi connectivity index (χ1v) is 10.6. The smallest absolute Gasteiger partial charge is 0.131 e. The van der Waals surface area contributed by atoms with E-state index in [0.717, 1.165) is 30.0 Å². The molecule has 134 valence electrons. The zero-order chi connectivity index (χ0) is 16.8. The molecule has 2 nitrogen and oxygen atoms in total.